The first-order valence-corrected chi connectivity index (χ1v) is 12.6. The van der Waals surface area contributed by atoms with Crippen LogP contribution in [0, 0.1) is 11.3 Å². The molecule has 2 aliphatic carbocycles. The number of aliphatic hydroxyl groups is 1. The van der Waals surface area contributed by atoms with Gasteiger partial charge in [-0.2, -0.15) is 5.06 Å². The largest absolute Gasteiger partial charge is 0.497 e. The Morgan fingerprint density at radius 2 is 2.03 bits per heavy atom. The van der Waals surface area contributed by atoms with Gasteiger partial charge in [0.25, 0.3) is 0 Å². The Morgan fingerprint density at radius 3 is 2.69 bits per heavy atom. The first kappa shape index (κ1) is 26.3. The highest BCUT2D eigenvalue weighted by atomic mass is 16.7. The smallest absolute Gasteiger partial charge is 0.434 e. The molecule has 4 rings (SSSR count). The number of carbonyl (C=O) groups excluding carboxylic acids is 3. The Kier molecular flexibility index (Phi) is 8.12. The Balaban J connectivity index is 1.48. The van der Waals surface area contributed by atoms with Gasteiger partial charge in [-0.3, -0.25) is 14.4 Å². The molecule has 1 unspecified atom stereocenters. The third kappa shape index (κ3) is 4.79. The lowest BCUT2D eigenvalue weighted by molar-refractivity contribution is -0.195. The summed E-state index contributed by atoms with van der Waals surface area (Å²) < 4.78 is 16.2. The zero-order valence-electron chi connectivity index (χ0n) is 20.8. The molecular weight excluding hydrogens is 466 g/mol. The molecule has 9 heteroatoms. The zero-order chi connectivity index (χ0) is 25.8. The SMILES string of the molecule is C=CCOC(=O)N(CCC[C@]12C(=O)CCC[C@H]1CC(=O)[C@@]21CCC(O)O1)OCc1ccc(OC)cc1. The highest BCUT2D eigenvalue weighted by Crippen LogP contribution is 2.62. The number of nitrogens with zero attached hydrogens (tertiary/aromatic N) is 1. The zero-order valence-corrected chi connectivity index (χ0v) is 20.8. The Labute approximate surface area is 211 Å². The number of ether oxygens (including phenoxy) is 3. The number of aliphatic hydroxyl groups excluding tert-OH is 1. The number of benzene rings is 1. The molecule has 0 bridgehead atoms. The summed E-state index contributed by atoms with van der Waals surface area (Å²) in [4.78, 5) is 45.1. The monoisotopic (exact) mass is 501 g/mol. The van der Waals surface area contributed by atoms with E-state index < -0.39 is 23.4 Å². The van der Waals surface area contributed by atoms with Gasteiger partial charge < -0.3 is 19.3 Å². The van der Waals surface area contributed by atoms with Crippen LogP contribution in [-0.4, -0.2) is 60.0 Å². The summed E-state index contributed by atoms with van der Waals surface area (Å²) in [6.45, 7) is 3.91. The van der Waals surface area contributed by atoms with Gasteiger partial charge in [-0.25, -0.2) is 4.79 Å². The van der Waals surface area contributed by atoms with E-state index in [0.29, 0.717) is 37.9 Å². The lowest BCUT2D eigenvalue weighted by Crippen LogP contribution is -2.57. The summed E-state index contributed by atoms with van der Waals surface area (Å²) in [5, 5.41) is 11.3. The van der Waals surface area contributed by atoms with Crippen molar-refractivity contribution in [1.29, 1.82) is 0 Å². The minimum Gasteiger partial charge on any atom is -0.497 e. The summed E-state index contributed by atoms with van der Waals surface area (Å²) in [6.07, 6.45) is 3.43. The number of methoxy groups -OCH3 is 1. The number of hydrogen-bond donors (Lipinski definition) is 1. The van der Waals surface area contributed by atoms with E-state index in [4.69, 9.17) is 19.0 Å². The van der Waals surface area contributed by atoms with Crippen molar-refractivity contribution in [3.05, 3.63) is 42.5 Å². The second-order valence-electron chi connectivity index (χ2n) is 9.74. The molecule has 36 heavy (non-hydrogen) atoms. The molecule has 1 amide bonds. The van der Waals surface area contributed by atoms with Crippen molar-refractivity contribution in [2.75, 3.05) is 20.3 Å². The van der Waals surface area contributed by atoms with Gasteiger partial charge >= 0.3 is 6.09 Å². The predicted molar refractivity (Wildman–Crippen MR) is 129 cm³/mol. The standard InChI is InChI=1S/C27H35NO8/c1-3-16-34-25(32)28(35-18-19-8-10-21(33-2)11-9-19)15-5-13-26-20(6-4-7-22(26)29)17-23(30)27(26)14-12-24(31)36-27/h3,8-11,20,24,31H,1,4-7,12-18H2,2H3/t20-,24?,26+,27-/m0/s1. The maximum Gasteiger partial charge on any atom is 0.434 e. The molecule has 1 aromatic rings. The highest BCUT2D eigenvalue weighted by molar-refractivity contribution is 6.02. The van der Waals surface area contributed by atoms with Crippen LogP contribution in [0.4, 0.5) is 4.79 Å². The van der Waals surface area contributed by atoms with Crippen molar-refractivity contribution in [3.8, 4) is 5.75 Å². The van der Waals surface area contributed by atoms with Crippen molar-refractivity contribution in [1.82, 2.24) is 5.06 Å². The van der Waals surface area contributed by atoms with E-state index in [2.05, 4.69) is 6.58 Å². The number of ketones is 2. The topological polar surface area (TPSA) is 112 Å². The van der Waals surface area contributed by atoms with E-state index in [-0.39, 0.29) is 43.7 Å². The van der Waals surface area contributed by atoms with E-state index in [1.807, 2.05) is 12.1 Å². The van der Waals surface area contributed by atoms with Gasteiger partial charge in [-0.15, -0.1) is 0 Å². The predicted octanol–water partition coefficient (Wildman–Crippen LogP) is 3.73. The molecule has 0 aromatic heterocycles. The Morgan fingerprint density at radius 1 is 1.25 bits per heavy atom. The Bertz CT molecular complexity index is 978. The molecule has 1 heterocycles. The average Bonchev–Trinajstić information content (AvgIpc) is 3.39. The molecule has 9 nitrogen and oxygen atoms in total. The van der Waals surface area contributed by atoms with Gasteiger partial charge in [0.15, 0.2) is 12.1 Å². The van der Waals surface area contributed by atoms with Crippen LogP contribution in [0.1, 0.15) is 56.9 Å². The first-order chi connectivity index (χ1) is 17.4. The van der Waals surface area contributed by atoms with E-state index in [0.717, 1.165) is 23.5 Å². The van der Waals surface area contributed by atoms with Crippen LogP contribution in [0.5, 0.6) is 5.75 Å². The number of hydrogen-bond acceptors (Lipinski definition) is 8. The summed E-state index contributed by atoms with van der Waals surface area (Å²) >= 11 is 0. The molecular formula is C27H35NO8. The van der Waals surface area contributed by atoms with Crippen LogP contribution in [0.15, 0.2) is 36.9 Å². The summed E-state index contributed by atoms with van der Waals surface area (Å²) in [7, 11) is 1.59. The third-order valence-electron chi connectivity index (χ3n) is 7.84. The van der Waals surface area contributed by atoms with Crippen molar-refractivity contribution in [3.63, 3.8) is 0 Å². The highest BCUT2D eigenvalue weighted by Gasteiger charge is 2.71. The minimum atomic E-state index is -1.27. The number of carbonyl (C=O) groups is 3. The van der Waals surface area contributed by atoms with Gasteiger partial charge in [-0.1, -0.05) is 24.8 Å². The lowest BCUT2D eigenvalue weighted by atomic mass is 9.58. The first-order valence-electron chi connectivity index (χ1n) is 12.6. The van der Waals surface area contributed by atoms with Crippen molar-refractivity contribution >= 4 is 17.7 Å². The summed E-state index contributed by atoms with van der Waals surface area (Å²) in [5.41, 5.74) is -1.41. The molecule has 3 aliphatic rings. The van der Waals surface area contributed by atoms with Crippen molar-refractivity contribution in [2.24, 2.45) is 11.3 Å². The van der Waals surface area contributed by atoms with E-state index >= 15 is 0 Å². The average molecular weight is 502 g/mol. The lowest BCUT2D eigenvalue weighted by Gasteiger charge is -2.46. The molecule has 2 saturated carbocycles. The van der Waals surface area contributed by atoms with E-state index in [1.165, 1.54) is 6.08 Å². The number of rotatable bonds is 10. The molecule has 4 atom stereocenters. The van der Waals surface area contributed by atoms with Crippen LogP contribution in [-0.2, 0) is 30.5 Å². The fraction of sp³-hybridized carbons (Fsp3) is 0.593. The van der Waals surface area contributed by atoms with Crippen molar-refractivity contribution in [2.45, 2.75) is 69.9 Å². The number of amides is 1. The quantitative estimate of drug-likeness (QED) is 0.381. The van der Waals surface area contributed by atoms with Gasteiger partial charge in [-0.05, 0) is 55.7 Å². The minimum absolute atomic E-state index is 0.0265. The van der Waals surface area contributed by atoms with Crippen LogP contribution in [0.25, 0.3) is 0 Å². The van der Waals surface area contributed by atoms with E-state index in [9.17, 15) is 19.5 Å². The van der Waals surface area contributed by atoms with Crippen LogP contribution < -0.4 is 4.74 Å². The normalized spacial score (nSPS) is 29.3. The van der Waals surface area contributed by atoms with Crippen molar-refractivity contribution < 1.29 is 38.5 Å². The number of Topliss-reactive ketones (excluding diaryl/α,β-unsaturated/α-hetero) is 2. The number of hydroxylamine groups is 2. The molecule has 0 radical (unpaired) electrons. The molecule has 3 fully saturated rings. The second kappa shape index (κ2) is 11.1. The van der Waals surface area contributed by atoms with E-state index in [1.54, 1.807) is 19.2 Å². The summed E-state index contributed by atoms with van der Waals surface area (Å²) in [6, 6.07) is 7.29. The molecule has 1 spiro atoms. The third-order valence-corrected chi connectivity index (χ3v) is 7.84. The van der Waals surface area contributed by atoms with Gasteiger partial charge in [0.05, 0.1) is 19.1 Å². The maximum absolute atomic E-state index is 13.5. The second-order valence-corrected chi connectivity index (χ2v) is 9.74. The molecule has 1 saturated heterocycles. The Hall–Kier alpha value is -2.75. The molecule has 196 valence electrons. The van der Waals surface area contributed by atoms with Gasteiger partial charge in [0.2, 0.25) is 0 Å². The summed E-state index contributed by atoms with van der Waals surface area (Å²) in [5.74, 6) is 0.542. The molecule has 1 aromatic carbocycles. The molecule has 1 N–H and O–H groups in total. The fourth-order valence-electron chi connectivity index (χ4n) is 6.22. The van der Waals surface area contributed by atoms with Gasteiger partial charge in [0, 0.05) is 19.3 Å². The molecule has 1 aliphatic heterocycles. The van der Waals surface area contributed by atoms with Crippen LogP contribution >= 0.6 is 0 Å². The maximum atomic E-state index is 13.5. The van der Waals surface area contributed by atoms with Crippen LogP contribution in [0.2, 0.25) is 0 Å². The van der Waals surface area contributed by atoms with Crippen LogP contribution in [0.3, 0.4) is 0 Å². The van der Waals surface area contributed by atoms with Gasteiger partial charge in [0.1, 0.15) is 30.3 Å². The fourth-order valence-corrected chi connectivity index (χ4v) is 6.22. The number of fused-ring (bicyclic) bond motifs is 2.